The lowest BCUT2D eigenvalue weighted by Crippen LogP contribution is -2.19. The highest BCUT2D eigenvalue weighted by atomic mass is 32.2. The number of oxime groups is 1. The zero-order valence-corrected chi connectivity index (χ0v) is 9.92. The summed E-state index contributed by atoms with van der Waals surface area (Å²) in [7, 11) is 0. The first-order valence-corrected chi connectivity index (χ1v) is 6.10. The summed E-state index contributed by atoms with van der Waals surface area (Å²) in [5, 5.41) is 19.2. The highest BCUT2D eigenvalue weighted by Crippen LogP contribution is 2.51. The fourth-order valence-electron chi connectivity index (χ4n) is 1.57. The largest absolute Gasteiger partial charge is 0.409 e. The Morgan fingerprint density at radius 3 is 2.94 bits per heavy atom. The van der Waals surface area contributed by atoms with E-state index in [1.165, 1.54) is 0 Å². The van der Waals surface area contributed by atoms with E-state index in [-0.39, 0.29) is 5.41 Å². The minimum Gasteiger partial charge on any atom is -0.409 e. The second-order valence-corrected chi connectivity index (χ2v) is 5.20. The van der Waals surface area contributed by atoms with Gasteiger partial charge >= 0.3 is 0 Å². The number of nitrogens with one attached hydrogen (secondary N) is 1. The van der Waals surface area contributed by atoms with Crippen LogP contribution in [-0.2, 0) is 0 Å². The lowest BCUT2D eigenvalue weighted by atomic mass is 10.1. The SMILES string of the molecule is Cc1nc(SCC2(CC(N)=NO)CC2)n[nH]1. The Morgan fingerprint density at radius 1 is 1.69 bits per heavy atom. The molecule has 1 saturated carbocycles. The second-order valence-electron chi connectivity index (χ2n) is 4.26. The van der Waals surface area contributed by atoms with Crippen molar-refractivity contribution in [2.45, 2.75) is 31.3 Å². The van der Waals surface area contributed by atoms with Crippen LogP contribution in [0.15, 0.2) is 10.3 Å². The Labute approximate surface area is 97.7 Å². The van der Waals surface area contributed by atoms with Gasteiger partial charge in [0, 0.05) is 12.2 Å². The molecule has 2 rings (SSSR count). The Balaban J connectivity index is 1.86. The maximum absolute atomic E-state index is 8.54. The third-order valence-electron chi connectivity index (χ3n) is 2.73. The molecule has 0 radical (unpaired) electrons. The summed E-state index contributed by atoms with van der Waals surface area (Å²) < 4.78 is 0. The van der Waals surface area contributed by atoms with Crippen LogP contribution in [0.3, 0.4) is 0 Å². The predicted octanol–water partition coefficient (Wildman–Crippen LogP) is 1.12. The summed E-state index contributed by atoms with van der Waals surface area (Å²) in [6.07, 6.45) is 2.90. The lowest BCUT2D eigenvalue weighted by molar-refractivity contribution is 0.315. The third-order valence-corrected chi connectivity index (χ3v) is 3.92. The number of amidine groups is 1. The molecule has 88 valence electrons. The van der Waals surface area contributed by atoms with Gasteiger partial charge in [-0.25, -0.2) is 4.98 Å². The summed E-state index contributed by atoms with van der Waals surface area (Å²) in [5.41, 5.74) is 5.72. The first kappa shape index (κ1) is 11.3. The average molecular weight is 241 g/mol. The molecule has 1 aromatic heterocycles. The highest BCUT2D eigenvalue weighted by Gasteiger charge is 2.43. The Kier molecular flexibility index (Phi) is 3.04. The van der Waals surface area contributed by atoms with Crippen molar-refractivity contribution in [2.24, 2.45) is 16.3 Å². The quantitative estimate of drug-likeness (QED) is 0.236. The van der Waals surface area contributed by atoms with Gasteiger partial charge in [0.15, 0.2) is 0 Å². The fourth-order valence-corrected chi connectivity index (χ4v) is 2.71. The molecule has 1 aliphatic carbocycles. The number of nitrogens with two attached hydrogens (primary N) is 1. The Morgan fingerprint density at radius 2 is 2.44 bits per heavy atom. The van der Waals surface area contributed by atoms with E-state index < -0.39 is 0 Å². The van der Waals surface area contributed by atoms with Crippen molar-refractivity contribution in [1.82, 2.24) is 15.2 Å². The molecular formula is C9H15N5OS. The Hall–Kier alpha value is -1.24. The van der Waals surface area contributed by atoms with Gasteiger partial charge in [-0.15, -0.1) is 5.10 Å². The van der Waals surface area contributed by atoms with Crippen LogP contribution >= 0.6 is 11.8 Å². The molecule has 16 heavy (non-hydrogen) atoms. The number of hydrogen-bond acceptors (Lipinski definition) is 5. The molecule has 0 unspecified atom stereocenters. The molecule has 7 heteroatoms. The molecule has 1 heterocycles. The number of nitrogens with zero attached hydrogens (tertiary/aromatic N) is 3. The van der Waals surface area contributed by atoms with E-state index in [1.54, 1.807) is 11.8 Å². The van der Waals surface area contributed by atoms with Crippen molar-refractivity contribution in [3.05, 3.63) is 5.82 Å². The molecule has 0 bridgehead atoms. The van der Waals surface area contributed by atoms with Gasteiger partial charge in [-0.3, -0.25) is 5.10 Å². The predicted molar refractivity (Wildman–Crippen MR) is 61.5 cm³/mol. The lowest BCUT2D eigenvalue weighted by Gasteiger charge is -2.11. The van der Waals surface area contributed by atoms with Crippen LogP contribution in [0.1, 0.15) is 25.1 Å². The summed E-state index contributed by atoms with van der Waals surface area (Å²) in [5.74, 6) is 2.05. The summed E-state index contributed by atoms with van der Waals surface area (Å²) >= 11 is 1.62. The number of aromatic nitrogens is 3. The fraction of sp³-hybridized carbons (Fsp3) is 0.667. The minimum atomic E-state index is 0.190. The molecule has 0 aromatic carbocycles. The van der Waals surface area contributed by atoms with Crippen LogP contribution in [0.25, 0.3) is 0 Å². The minimum absolute atomic E-state index is 0.190. The maximum Gasteiger partial charge on any atom is 0.208 e. The van der Waals surface area contributed by atoms with E-state index in [9.17, 15) is 0 Å². The van der Waals surface area contributed by atoms with Gasteiger partial charge in [0.2, 0.25) is 5.16 Å². The van der Waals surface area contributed by atoms with E-state index in [4.69, 9.17) is 10.9 Å². The van der Waals surface area contributed by atoms with Crippen molar-refractivity contribution in [2.75, 3.05) is 5.75 Å². The molecule has 1 fully saturated rings. The van der Waals surface area contributed by atoms with E-state index in [2.05, 4.69) is 20.3 Å². The summed E-state index contributed by atoms with van der Waals surface area (Å²) in [4.78, 5) is 4.23. The van der Waals surface area contributed by atoms with Crippen LogP contribution in [0, 0.1) is 12.3 Å². The molecule has 0 amide bonds. The molecule has 0 aliphatic heterocycles. The first-order valence-electron chi connectivity index (χ1n) is 5.12. The second kappa shape index (κ2) is 4.32. The molecule has 1 aromatic rings. The molecule has 1 aliphatic rings. The van der Waals surface area contributed by atoms with Crippen molar-refractivity contribution >= 4 is 17.6 Å². The molecule has 6 nitrogen and oxygen atoms in total. The zero-order chi connectivity index (χ0) is 11.6. The van der Waals surface area contributed by atoms with Gasteiger partial charge in [0.05, 0.1) is 0 Å². The molecule has 0 atom stereocenters. The number of aryl methyl sites for hydroxylation is 1. The van der Waals surface area contributed by atoms with E-state index >= 15 is 0 Å². The number of aromatic amines is 1. The van der Waals surface area contributed by atoms with Gasteiger partial charge in [-0.2, -0.15) is 0 Å². The molecule has 0 saturated heterocycles. The number of rotatable bonds is 5. The van der Waals surface area contributed by atoms with E-state index in [0.29, 0.717) is 12.3 Å². The van der Waals surface area contributed by atoms with Gasteiger partial charge in [0.1, 0.15) is 11.7 Å². The summed E-state index contributed by atoms with van der Waals surface area (Å²) in [6.45, 7) is 1.88. The van der Waals surface area contributed by atoms with Crippen LogP contribution in [0.5, 0.6) is 0 Å². The van der Waals surface area contributed by atoms with Crippen molar-refractivity contribution in [3.63, 3.8) is 0 Å². The third kappa shape index (κ3) is 2.66. The first-order chi connectivity index (χ1) is 7.63. The van der Waals surface area contributed by atoms with Crippen LogP contribution in [0.2, 0.25) is 0 Å². The van der Waals surface area contributed by atoms with Crippen molar-refractivity contribution < 1.29 is 5.21 Å². The van der Waals surface area contributed by atoms with Crippen LogP contribution < -0.4 is 5.73 Å². The van der Waals surface area contributed by atoms with E-state index in [1.807, 2.05) is 6.92 Å². The number of hydrogen-bond donors (Lipinski definition) is 3. The highest BCUT2D eigenvalue weighted by molar-refractivity contribution is 7.99. The van der Waals surface area contributed by atoms with Gasteiger partial charge in [-0.05, 0) is 25.2 Å². The monoisotopic (exact) mass is 241 g/mol. The standard InChI is InChI=1S/C9H15N5OS/c1-6-11-8(13-12-6)16-5-9(2-3-9)4-7(10)14-15/h15H,2-5H2,1H3,(H2,10,14)(H,11,12,13). The molecule has 0 spiro atoms. The van der Waals surface area contributed by atoms with Crippen molar-refractivity contribution in [3.8, 4) is 0 Å². The average Bonchev–Trinajstić information content (AvgIpc) is 2.90. The number of thioether (sulfide) groups is 1. The normalized spacial score (nSPS) is 18.7. The maximum atomic E-state index is 8.54. The summed E-state index contributed by atoms with van der Waals surface area (Å²) in [6, 6.07) is 0. The van der Waals surface area contributed by atoms with E-state index in [0.717, 1.165) is 29.6 Å². The smallest absolute Gasteiger partial charge is 0.208 e. The molecular weight excluding hydrogens is 226 g/mol. The van der Waals surface area contributed by atoms with Gasteiger partial charge in [0.25, 0.3) is 0 Å². The topological polar surface area (TPSA) is 100 Å². The van der Waals surface area contributed by atoms with Crippen molar-refractivity contribution in [1.29, 1.82) is 0 Å². The van der Waals surface area contributed by atoms with Crippen LogP contribution in [-0.4, -0.2) is 32.0 Å². The Bertz CT molecular complexity index is 398. The van der Waals surface area contributed by atoms with Gasteiger partial charge in [-0.1, -0.05) is 16.9 Å². The van der Waals surface area contributed by atoms with Crippen LogP contribution in [0.4, 0.5) is 0 Å². The number of H-pyrrole nitrogens is 1. The van der Waals surface area contributed by atoms with Gasteiger partial charge < -0.3 is 10.9 Å². The molecule has 4 N–H and O–H groups in total. The zero-order valence-electron chi connectivity index (χ0n) is 9.10.